The average Bonchev–Trinajstić information content (AvgIpc) is 3.17. The number of rotatable bonds is 9. The van der Waals surface area contributed by atoms with Crippen molar-refractivity contribution < 1.29 is 14.3 Å². The van der Waals surface area contributed by atoms with Gasteiger partial charge in [-0.2, -0.15) is 0 Å². The van der Waals surface area contributed by atoms with E-state index in [0.29, 0.717) is 11.3 Å². The Balaban J connectivity index is 1.39. The van der Waals surface area contributed by atoms with Gasteiger partial charge in [0.25, 0.3) is 0 Å². The first-order chi connectivity index (χ1) is 16.2. The van der Waals surface area contributed by atoms with Gasteiger partial charge < -0.3 is 4.74 Å². The van der Waals surface area contributed by atoms with Crippen LogP contribution in [-0.4, -0.2) is 18.4 Å². The predicted molar refractivity (Wildman–Crippen MR) is 138 cm³/mol. The van der Waals surface area contributed by atoms with Crippen molar-refractivity contribution in [3.8, 4) is 0 Å². The van der Waals surface area contributed by atoms with Crippen LogP contribution >= 0.6 is 0 Å². The van der Waals surface area contributed by atoms with Gasteiger partial charge in [-0.25, -0.2) is 0 Å². The van der Waals surface area contributed by atoms with E-state index in [1.54, 1.807) is 0 Å². The molecule has 0 aromatic rings. The minimum Gasteiger partial charge on any atom is -0.457 e. The molecule has 0 aromatic carbocycles. The first-order valence-corrected chi connectivity index (χ1v) is 14.9. The maximum Gasteiger partial charge on any atom is 0.309 e. The summed E-state index contributed by atoms with van der Waals surface area (Å²) in [6, 6.07) is 0. The van der Waals surface area contributed by atoms with Crippen molar-refractivity contribution in [3.63, 3.8) is 0 Å². The van der Waals surface area contributed by atoms with E-state index in [2.05, 4.69) is 34.6 Å². The molecule has 3 nitrogen and oxygen atoms in total. The van der Waals surface area contributed by atoms with Crippen molar-refractivity contribution in [2.45, 2.75) is 125 Å². The highest BCUT2D eigenvalue weighted by atomic mass is 16.5. The quantitative estimate of drug-likeness (QED) is 0.319. The summed E-state index contributed by atoms with van der Waals surface area (Å²) in [5.41, 5.74) is 0.641. The maximum atomic E-state index is 13.4. The number of carbonyl (C=O) groups excluding carboxylic acids is 2. The highest BCUT2D eigenvalue weighted by molar-refractivity contribution is 5.85. The Labute approximate surface area is 209 Å². The van der Waals surface area contributed by atoms with Crippen molar-refractivity contribution in [1.29, 1.82) is 0 Å². The summed E-state index contributed by atoms with van der Waals surface area (Å²) in [6.07, 6.45) is 16.6. The van der Waals surface area contributed by atoms with Gasteiger partial charge in [-0.05, 0) is 105 Å². The SMILES string of the molecule is CCCCC(CCC)C(=O)OCC(=O)C1CCC2C3CCC4CC(C)CCC4(C)C3CCC12C. The number of ketones is 1. The number of carbonyl (C=O) groups is 2. The Morgan fingerprint density at radius 2 is 1.62 bits per heavy atom. The molecule has 0 bridgehead atoms. The molecule has 3 heteroatoms. The lowest BCUT2D eigenvalue weighted by Crippen LogP contribution is -2.53. The third-order valence-corrected chi connectivity index (χ3v) is 11.5. The van der Waals surface area contributed by atoms with E-state index in [1.165, 1.54) is 51.4 Å². The van der Waals surface area contributed by atoms with E-state index in [0.717, 1.165) is 62.2 Å². The summed E-state index contributed by atoms with van der Waals surface area (Å²) in [4.78, 5) is 26.1. The van der Waals surface area contributed by atoms with Crippen LogP contribution < -0.4 is 0 Å². The monoisotopic (exact) mass is 472 g/mol. The lowest BCUT2D eigenvalue weighted by atomic mass is 9.44. The molecule has 4 aliphatic rings. The second-order valence-corrected chi connectivity index (χ2v) is 13.4. The minimum absolute atomic E-state index is 0.00389. The molecule has 194 valence electrons. The van der Waals surface area contributed by atoms with Gasteiger partial charge in [0.2, 0.25) is 0 Å². The van der Waals surface area contributed by atoms with Crippen LogP contribution in [0.2, 0.25) is 0 Å². The summed E-state index contributed by atoms with van der Waals surface area (Å²) in [5.74, 6) is 4.29. The molecule has 0 N–H and O–H groups in total. The molecule has 4 fully saturated rings. The Kier molecular flexibility index (Phi) is 8.20. The first kappa shape index (κ1) is 26.2. The maximum absolute atomic E-state index is 13.4. The normalized spacial score (nSPS) is 42.3. The second-order valence-electron chi connectivity index (χ2n) is 13.4. The Bertz CT molecular complexity index is 730. The van der Waals surface area contributed by atoms with Crippen molar-refractivity contribution in [3.05, 3.63) is 0 Å². The summed E-state index contributed by atoms with van der Waals surface area (Å²) in [5, 5.41) is 0. The lowest BCUT2D eigenvalue weighted by molar-refractivity contribution is -0.156. The Morgan fingerprint density at radius 1 is 0.882 bits per heavy atom. The van der Waals surface area contributed by atoms with Crippen LogP contribution in [0.5, 0.6) is 0 Å². The van der Waals surface area contributed by atoms with Crippen molar-refractivity contribution in [1.82, 2.24) is 0 Å². The molecule has 4 rings (SSSR count). The average molecular weight is 473 g/mol. The van der Waals surface area contributed by atoms with Crippen LogP contribution in [-0.2, 0) is 14.3 Å². The van der Waals surface area contributed by atoms with Gasteiger partial charge in [0, 0.05) is 5.92 Å². The third kappa shape index (κ3) is 4.75. The van der Waals surface area contributed by atoms with E-state index in [4.69, 9.17) is 4.74 Å². The number of unbranched alkanes of at least 4 members (excludes halogenated alkanes) is 1. The largest absolute Gasteiger partial charge is 0.457 e. The molecular weight excluding hydrogens is 420 g/mol. The zero-order valence-electron chi connectivity index (χ0n) is 22.9. The fraction of sp³-hybridized carbons (Fsp3) is 0.935. The van der Waals surface area contributed by atoms with Crippen LogP contribution in [0.1, 0.15) is 125 Å². The van der Waals surface area contributed by atoms with Crippen molar-refractivity contribution in [2.24, 2.45) is 52.3 Å². The highest BCUT2D eigenvalue weighted by Gasteiger charge is 2.61. The van der Waals surface area contributed by atoms with Crippen LogP contribution in [0.4, 0.5) is 0 Å². The number of hydrogen-bond acceptors (Lipinski definition) is 3. The number of hydrogen-bond donors (Lipinski definition) is 0. The molecule has 0 radical (unpaired) electrons. The number of esters is 1. The molecule has 0 heterocycles. The zero-order valence-corrected chi connectivity index (χ0v) is 22.9. The third-order valence-electron chi connectivity index (χ3n) is 11.5. The number of Topliss-reactive ketones (excluding diaryl/α,β-unsaturated/α-hetero) is 1. The smallest absolute Gasteiger partial charge is 0.309 e. The van der Waals surface area contributed by atoms with Crippen LogP contribution in [0.3, 0.4) is 0 Å². The molecule has 0 aliphatic heterocycles. The fourth-order valence-electron chi connectivity index (χ4n) is 9.54. The van der Waals surface area contributed by atoms with Gasteiger partial charge in [-0.15, -0.1) is 0 Å². The summed E-state index contributed by atoms with van der Waals surface area (Å²) in [7, 11) is 0. The van der Waals surface area contributed by atoms with Gasteiger partial charge >= 0.3 is 5.97 Å². The van der Waals surface area contributed by atoms with Gasteiger partial charge in [-0.3, -0.25) is 9.59 Å². The molecular formula is C31H52O3. The van der Waals surface area contributed by atoms with Crippen molar-refractivity contribution in [2.75, 3.05) is 6.61 Å². The van der Waals surface area contributed by atoms with Crippen molar-refractivity contribution >= 4 is 11.8 Å². The number of fused-ring (bicyclic) bond motifs is 5. The lowest BCUT2D eigenvalue weighted by Gasteiger charge is -2.61. The first-order valence-electron chi connectivity index (χ1n) is 14.9. The second kappa shape index (κ2) is 10.6. The standard InChI is InChI=1S/C31H52O3/c1-6-8-10-22(9-7-2)29(33)34-20-28(32)27-14-13-25-24-12-11-23-19-21(3)15-17-30(23,4)26(24)16-18-31(25,27)5/h21-27H,6-20H2,1-5H3. The molecule has 9 atom stereocenters. The molecule has 4 aliphatic carbocycles. The van der Waals surface area contributed by atoms with E-state index in [9.17, 15) is 9.59 Å². The zero-order chi connectivity index (χ0) is 24.5. The van der Waals surface area contributed by atoms with Gasteiger partial charge in [0.1, 0.15) is 6.61 Å². The molecule has 0 aromatic heterocycles. The molecule has 9 unspecified atom stereocenters. The van der Waals surface area contributed by atoms with E-state index < -0.39 is 0 Å². The molecule has 0 spiro atoms. The van der Waals surface area contributed by atoms with E-state index in [-0.39, 0.29) is 35.6 Å². The van der Waals surface area contributed by atoms with Gasteiger partial charge in [0.15, 0.2) is 5.78 Å². The molecule has 0 amide bonds. The molecule has 34 heavy (non-hydrogen) atoms. The molecule has 4 saturated carbocycles. The van der Waals surface area contributed by atoms with E-state index >= 15 is 0 Å². The predicted octanol–water partition coefficient (Wildman–Crippen LogP) is 8.00. The van der Waals surface area contributed by atoms with Crippen LogP contribution in [0, 0.1) is 52.3 Å². The highest BCUT2D eigenvalue weighted by Crippen LogP contribution is 2.67. The topological polar surface area (TPSA) is 43.4 Å². The summed E-state index contributed by atoms with van der Waals surface area (Å²) in [6.45, 7) is 11.8. The van der Waals surface area contributed by atoms with Crippen LogP contribution in [0.15, 0.2) is 0 Å². The Morgan fingerprint density at radius 3 is 2.35 bits per heavy atom. The van der Waals surface area contributed by atoms with E-state index in [1.807, 2.05) is 0 Å². The Hall–Kier alpha value is -0.860. The van der Waals surface area contributed by atoms with Gasteiger partial charge in [0.05, 0.1) is 5.92 Å². The van der Waals surface area contributed by atoms with Gasteiger partial charge in [-0.1, -0.05) is 60.3 Å². The fourth-order valence-corrected chi connectivity index (χ4v) is 9.54. The summed E-state index contributed by atoms with van der Waals surface area (Å²) < 4.78 is 5.67. The minimum atomic E-state index is -0.134. The summed E-state index contributed by atoms with van der Waals surface area (Å²) >= 11 is 0. The number of ether oxygens (including phenoxy) is 1. The molecule has 0 saturated heterocycles. The van der Waals surface area contributed by atoms with Crippen LogP contribution in [0.25, 0.3) is 0 Å².